The minimum atomic E-state index is -0.579. The summed E-state index contributed by atoms with van der Waals surface area (Å²) in [5, 5.41) is 18.4. The zero-order chi connectivity index (χ0) is 26.4. The van der Waals surface area contributed by atoms with E-state index in [2.05, 4.69) is 25.4 Å². The standard InChI is InChI=1S/C24H14FN7O4S2/c1-36-17-4-3-13(9-15(17)25)31-23-14(10-27-31)22(30-24(33)19-6-7-20(38-19)32(34)35)28-21(29-23)12-2-5-18-16(8-12)26-11-37-18/h2-11H,1H3,(H,28,29,30,33). The van der Waals surface area contributed by atoms with E-state index in [9.17, 15) is 19.3 Å². The van der Waals surface area contributed by atoms with Gasteiger partial charge in [-0.15, -0.1) is 11.3 Å². The van der Waals surface area contributed by atoms with E-state index in [1.807, 2.05) is 18.2 Å². The number of hydrogen-bond acceptors (Lipinski definition) is 10. The number of thiazole rings is 1. The molecular formula is C24H14FN7O4S2. The van der Waals surface area contributed by atoms with Crippen LogP contribution in [0.4, 0.5) is 15.2 Å². The van der Waals surface area contributed by atoms with Gasteiger partial charge in [0.2, 0.25) is 0 Å². The lowest BCUT2D eigenvalue weighted by Crippen LogP contribution is -2.12. The Bertz CT molecular complexity index is 1880. The van der Waals surface area contributed by atoms with Gasteiger partial charge in [0.25, 0.3) is 5.91 Å². The van der Waals surface area contributed by atoms with Crippen molar-refractivity contribution in [3.8, 4) is 22.8 Å². The second kappa shape index (κ2) is 9.24. The number of amides is 1. The number of anilines is 1. The van der Waals surface area contributed by atoms with Crippen LogP contribution in [0.1, 0.15) is 9.67 Å². The molecule has 0 unspecified atom stereocenters. The lowest BCUT2D eigenvalue weighted by Gasteiger charge is -2.10. The van der Waals surface area contributed by atoms with Gasteiger partial charge < -0.3 is 10.1 Å². The fourth-order valence-corrected chi connectivity index (χ4v) is 5.20. The summed E-state index contributed by atoms with van der Waals surface area (Å²) < 4.78 is 21.9. The molecule has 0 radical (unpaired) electrons. The van der Waals surface area contributed by atoms with Crippen molar-refractivity contribution in [2.24, 2.45) is 0 Å². The minimum absolute atomic E-state index is 0.0788. The van der Waals surface area contributed by atoms with Crippen LogP contribution < -0.4 is 10.1 Å². The second-order valence-electron chi connectivity index (χ2n) is 7.89. The third-order valence-corrected chi connectivity index (χ3v) is 7.47. The topological polar surface area (TPSA) is 138 Å². The number of thiophene rings is 1. The van der Waals surface area contributed by atoms with Gasteiger partial charge >= 0.3 is 5.00 Å². The predicted octanol–water partition coefficient (Wildman–Crippen LogP) is 5.46. The van der Waals surface area contributed by atoms with Crippen molar-refractivity contribution in [2.45, 2.75) is 0 Å². The number of aromatic nitrogens is 5. The van der Waals surface area contributed by atoms with Crippen molar-refractivity contribution in [3.63, 3.8) is 0 Å². The largest absolute Gasteiger partial charge is 0.494 e. The number of carbonyl (C=O) groups is 1. The lowest BCUT2D eigenvalue weighted by molar-refractivity contribution is -0.380. The highest BCUT2D eigenvalue weighted by Crippen LogP contribution is 2.31. The van der Waals surface area contributed by atoms with Crippen LogP contribution in [0.5, 0.6) is 5.75 Å². The second-order valence-corrected chi connectivity index (χ2v) is 9.84. The molecule has 0 aliphatic carbocycles. The first-order valence-corrected chi connectivity index (χ1v) is 12.6. The van der Waals surface area contributed by atoms with Gasteiger partial charge in [-0.1, -0.05) is 11.3 Å². The number of hydrogen-bond donors (Lipinski definition) is 1. The van der Waals surface area contributed by atoms with Crippen LogP contribution in [0.15, 0.2) is 60.2 Å². The Morgan fingerprint density at radius 1 is 1.16 bits per heavy atom. The zero-order valence-corrected chi connectivity index (χ0v) is 20.9. The highest BCUT2D eigenvalue weighted by atomic mass is 32.1. The van der Waals surface area contributed by atoms with E-state index in [0.717, 1.165) is 21.6 Å². The van der Waals surface area contributed by atoms with Crippen molar-refractivity contribution in [3.05, 3.63) is 81.0 Å². The molecule has 0 aliphatic rings. The predicted molar refractivity (Wildman–Crippen MR) is 141 cm³/mol. The van der Waals surface area contributed by atoms with Gasteiger partial charge in [-0.25, -0.2) is 24.0 Å². The van der Waals surface area contributed by atoms with Crippen molar-refractivity contribution in [2.75, 3.05) is 12.4 Å². The van der Waals surface area contributed by atoms with Crippen molar-refractivity contribution >= 4 is 60.6 Å². The van der Waals surface area contributed by atoms with Gasteiger partial charge in [0.15, 0.2) is 23.0 Å². The van der Waals surface area contributed by atoms with Gasteiger partial charge in [0, 0.05) is 17.7 Å². The van der Waals surface area contributed by atoms with Crippen LogP contribution in [0.2, 0.25) is 0 Å². The molecule has 1 amide bonds. The Morgan fingerprint density at radius 2 is 2.03 bits per heavy atom. The lowest BCUT2D eigenvalue weighted by atomic mass is 10.2. The number of benzene rings is 2. The number of nitrogens with one attached hydrogen (secondary N) is 1. The maximum Gasteiger partial charge on any atom is 0.324 e. The molecule has 0 bridgehead atoms. The highest BCUT2D eigenvalue weighted by Gasteiger charge is 2.21. The Labute approximate surface area is 220 Å². The molecule has 0 atom stereocenters. The van der Waals surface area contributed by atoms with Crippen LogP contribution in [0.25, 0.3) is 38.3 Å². The molecule has 0 saturated heterocycles. The molecule has 0 spiro atoms. The van der Waals surface area contributed by atoms with Crippen LogP contribution in [-0.4, -0.2) is 42.7 Å². The molecule has 11 nitrogen and oxygen atoms in total. The molecule has 6 rings (SSSR count). The number of ether oxygens (including phenoxy) is 1. The molecule has 2 aromatic carbocycles. The normalized spacial score (nSPS) is 11.2. The number of methoxy groups -OCH3 is 1. The van der Waals surface area contributed by atoms with E-state index in [1.165, 1.54) is 53.6 Å². The number of nitrogens with zero attached hydrogens (tertiary/aromatic N) is 6. The summed E-state index contributed by atoms with van der Waals surface area (Å²) >= 11 is 2.24. The summed E-state index contributed by atoms with van der Waals surface area (Å²) in [6.45, 7) is 0. The first-order valence-electron chi connectivity index (χ1n) is 10.9. The Hall–Kier alpha value is -4.82. The van der Waals surface area contributed by atoms with Crippen molar-refractivity contribution in [1.82, 2.24) is 24.7 Å². The molecular weight excluding hydrogens is 533 g/mol. The van der Waals surface area contributed by atoms with Gasteiger partial charge in [0.05, 0.1) is 49.9 Å². The number of rotatable bonds is 6. The first kappa shape index (κ1) is 23.6. The van der Waals surface area contributed by atoms with Gasteiger partial charge in [-0.05, 0) is 36.4 Å². The zero-order valence-electron chi connectivity index (χ0n) is 19.3. The Balaban J connectivity index is 1.50. The SMILES string of the molecule is COc1ccc(-n2ncc3c(NC(=O)c4ccc([N+](=O)[O-])s4)nc(-c4ccc5scnc5c4)nc32)cc1F. The summed E-state index contributed by atoms with van der Waals surface area (Å²) in [4.78, 5) is 37.2. The summed E-state index contributed by atoms with van der Waals surface area (Å²) in [5.74, 6) is -0.660. The van der Waals surface area contributed by atoms with E-state index in [0.29, 0.717) is 22.3 Å². The molecule has 4 heterocycles. The summed E-state index contributed by atoms with van der Waals surface area (Å²) in [6.07, 6.45) is 1.46. The van der Waals surface area contributed by atoms with E-state index >= 15 is 0 Å². The summed E-state index contributed by atoms with van der Waals surface area (Å²) in [6, 6.07) is 12.6. The summed E-state index contributed by atoms with van der Waals surface area (Å²) in [7, 11) is 1.37. The highest BCUT2D eigenvalue weighted by molar-refractivity contribution is 7.17. The average Bonchev–Trinajstić information content (AvgIpc) is 3.67. The third-order valence-electron chi connectivity index (χ3n) is 5.62. The van der Waals surface area contributed by atoms with E-state index in [4.69, 9.17) is 4.74 Å². The molecule has 0 fully saturated rings. The maximum atomic E-state index is 14.5. The molecule has 6 aromatic rings. The minimum Gasteiger partial charge on any atom is -0.494 e. The van der Waals surface area contributed by atoms with Gasteiger partial charge in [0.1, 0.15) is 5.82 Å². The molecule has 0 aliphatic heterocycles. The Kier molecular flexibility index (Phi) is 5.73. The number of nitro groups is 1. The maximum absolute atomic E-state index is 14.5. The summed E-state index contributed by atoms with van der Waals surface area (Å²) in [5.41, 5.74) is 3.83. The number of halogens is 1. The Morgan fingerprint density at radius 3 is 2.79 bits per heavy atom. The van der Waals surface area contributed by atoms with E-state index in [-0.39, 0.29) is 27.3 Å². The van der Waals surface area contributed by atoms with Crippen LogP contribution in [-0.2, 0) is 0 Å². The molecule has 0 saturated carbocycles. The molecule has 14 heteroatoms. The van der Waals surface area contributed by atoms with E-state index < -0.39 is 16.6 Å². The smallest absolute Gasteiger partial charge is 0.324 e. The van der Waals surface area contributed by atoms with Crippen molar-refractivity contribution in [1.29, 1.82) is 0 Å². The molecule has 188 valence electrons. The van der Waals surface area contributed by atoms with E-state index in [1.54, 1.807) is 11.6 Å². The first-order chi connectivity index (χ1) is 18.4. The molecule has 38 heavy (non-hydrogen) atoms. The number of fused-ring (bicyclic) bond motifs is 2. The quantitative estimate of drug-likeness (QED) is 0.214. The fourth-order valence-electron chi connectivity index (χ4n) is 3.82. The third kappa shape index (κ3) is 4.10. The fraction of sp³-hybridized carbons (Fsp3) is 0.0417. The van der Waals surface area contributed by atoms with Crippen LogP contribution in [0, 0.1) is 15.9 Å². The average molecular weight is 548 g/mol. The van der Waals surface area contributed by atoms with Gasteiger partial charge in [-0.3, -0.25) is 14.9 Å². The van der Waals surface area contributed by atoms with Gasteiger partial charge in [-0.2, -0.15) is 5.10 Å². The number of carbonyl (C=O) groups excluding carboxylic acids is 1. The van der Waals surface area contributed by atoms with Crippen molar-refractivity contribution < 1.29 is 18.8 Å². The molecule has 4 aromatic heterocycles. The van der Waals surface area contributed by atoms with Crippen LogP contribution >= 0.6 is 22.7 Å². The monoisotopic (exact) mass is 547 g/mol. The van der Waals surface area contributed by atoms with Crippen LogP contribution in [0.3, 0.4) is 0 Å². The molecule has 1 N–H and O–H groups in total.